The van der Waals surface area contributed by atoms with Crippen molar-refractivity contribution < 1.29 is 13.2 Å². The predicted octanol–water partition coefficient (Wildman–Crippen LogP) is 3.19. The van der Waals surface area contributed by atoms with Crippen molar-refractivity contribution in [3.8, 4) is 11.1 Å². The lowest BCUT2D eigenvalue weighted by molar-refractivity contribution is -0.137. The highest BCUT2D eigenvalue weighted by atomic mass is 19.4. The SMILES string of the molecule is CNc1cccc(-c2ccc(C(F)(F)F)cc2)c1C(=N)N1CCCC(/C(=N/N)NN)C1. The molecule has 0 radical (unpaired) electrons. The Labute approximate surface area is 178 Å². The molecule has 31 heavy (non-hydrogen) atoms. The van der Waals surface area contributed by atoms with Crippen molar-refractivity contribution in [3.63, 3.8) is 0 Å². The number of hydrazone groups is 1. The second-order valence-corrected chi connectivity index (χ2v) is 7.35. The molecule has 1 fully saturated rings. The minimum atomic E-state index is -4.40. The van der Waals surface area contributed by atoms with E-state index in [-0.39, 0.29) is 11.8 Å². The number of amidine groups is 2. The van der Waals surface area contributed by atoms with E-state index in [2.05, 4.69) is 15.8 Å². The molecule has 166 valence electrons. The Morgan fingerprint density at radius 3 is 2.48 bits per heavy atom. The molecule has 7 N–H and O–H groups in total. The zero-order chi connectivity index (χ0) is 22.6. The zero-order valence-corrected chi connectivity index (χ0v) is 17.1. The molecule has 1 unspecified atom stereocenters. The van der Waals surface area contributed by atoms with Gasteiger partial charge < -0.3 is 21.5 Å². The number of alkyl halides is 3. The van der Waals surface area contributed by atoms with E-state index in [1.807, 2.05) is 23.1 Å². The third kappa shape index (κ3) is 4.74. The van der Waals surface area contributed by atoms with Crippen LogP contribution in [0.1, 0.15) is 24.0 Å². The first-order chi connectivity index (χ1) is 14.8. The molecule has 3 rings (SSSR count). The lowest BCUT2D eigenvalue weighted by Crippen LogP contribution is -2.47. The average molecular weight is 433 g/mol. The number of nitrogens with two attached hydrogens (primary N) is 2. The topological polar surface area (TPSA) is 116 Å². The Morgan fingerprint density at radius 2 is 1.90 bits per heavy atom. The second-order valence-electron chi connectivity index (χ2n) is 7.35. The first kappa shape index (κ1) is 22.4. The van der Waals surface area contributed by atoms with Crippen molar-refractivity contribution in [1.29, 1.82) is 5.41 Å². The van der Waals surface area contributed by atoms with Gasteiger partial charge in [-0.3, -0.25) is 5.41 Å². The molecule has 1 aliphatic heterocycles. The average Bonchev–Trinajstić information content (AvgIpc) is 2.78. The van der Waals surface area contributed by atoms with Crippen LogP contribution < -0.4 is 22.4 Å². The predicted molar refractivity (Wildman–Crippen MR) is 116 cm³/mol. The molecule has 1 saturated heterocycles. The van der Waals surface area contributed by atoms with Crippen LogP contribution in [-0.4, -0.2) is 36.7 Å². The summed E-state index contributed by atoms with van der Waals surface area (Å²) in [6, 6.07) is 10.4. The Hall–Kier alpha value is -3.27. The second kappa shape index (κ2) is 9.25. The number of halogens is 3. The van der Waals surface area contributed by atoms with Gasteiger partial charge in [-0.15, -0.1) is 0 Å². The third-order valence-corrected chi connectivity index (χ3v) is 5.51. The smallest absolute Gasteiger partial charge is 0.388 e. The van der Waals surface area contributed by atoms with E-state index >= 15 is 0 Å². The fraction of sp³-hybridized carbons (Fsp3) is 0.333. The first-order valence-corrected chi connectivity index (χ1v) is 9.86. The van der Waals surface area contributed by atoms with Gasteiger partial charge in [0.2, 0.25) is 0 Å². The molecule has 0 bridgehead atoms. The molecule has 1 aliphatic rings. The molecule has 0 aliphatic carbocycles. The molecule has 1 heterocycles. The van der Waals surface area contributed by atoms with Crippen LogP contribution in [0.5, 0.6) is 0 Å². The van der Waals surface area contributed by atoms with Gasteiger partial charge in [-0.1, -0.05) is 24.3 Å². The third-order valence-electron chi connectivity index (χ3n) is 5.51. The molecule has 2 aromatic carbocycles. The summed E-state index contributed by atoms with van der Waals surface area (Å²) < 4.78 is 38.9. The van der Waals surface area contributed by atoms with Crippen LogP contribution >= 0.6 is 0 Å². The van der Waals surface area contributed by atoms with Crippen LogP contribution in [0.2, 0.25) is 0 Å². The van der Waals surface area contributed by atoms with Gasteiger partial charge in [0, 0.05) is 37.3 Å². The highest BCUT2D eigenvalue weighted by Gasteiger charge is 2.31. The molecule has 0 spiro atoms. The Balaban J connectivity index is 1.98. The van der Waals surface area contributed by atoms with E-state index in [1.54, 1.807) is 7.05 Å². The van der Waals surface area contributed by atoms with E-state index in [4.69, 9.17) is 17.1 Å². The quantitative estimate of drug-likeness (QED) is 0.220. The Morgan fingerprint density at radius 1 is 1.19 bits per heavy atom. The van der Waals surface area contributed by atoms with Gasteiger partial charge in [0.1, 0.15) is 11.7 Å². The van der Waals surface area contributed by atoms with Gasteiger partial charge in [0.05, 0.1) is 5.56 Å². The van der Waals surface area contributed by atoms with Crippen molar-refractivity contribution >= 4 is 17.4 Å². The fourth-order valence-corrected chi connectivity index (χ4v) is 3.92. The van der Waals surface area contributed by atoms with E-state index < -0.39 is 11.7 Å². The highest BCUT2D eigenvalue weighted by Crippen LogP contribution is 2.34. The summed E-state index contributed by atoms with van der Waals surface area (Å²) in [5, 5.41) is 15.7. The van der Waals surface area contributed by atoms with E-state index in [9.17, 15) is 13.2 Å². The lowest BCUT2D eigenvalue weighted by atomic mass is 9.93. The van der Waals surface area contributed by atoms with Gasteiger partial charge in [0.25, 0.3) is 0 Å². The maximum Gasteiger partial charge on any atom is 0.416 e. The molecular formula is C21H26F3N7. The number of nitrogens with zero attached hydrogens (tertiary/aromatic N) is 2. The maximum absolute atomic E-state index is 13.0. The van der Waals surface area contributed by atoms with E-state index in [0.717, 1.165) is 25.0 Å². The van der Waals surface area contributed by atoms with Crippen molar-refractivity contribution in [2.45, 2.75) is 19.0 Å². The van der Waals surface area contributed by atoms with Crippen LogP contribution in [0.15, 0.2) is 47.6 Å². The van der Waals surface area contributed by atoms with Crippen molar-refractivity contribution in [1.82, 2.24) is 10.3 Å². The fourth-order valence-electron chi connectivity index (χ4n) is 3.92. The summed E-state index contributed by atoms with van der Waals surface area (Å²) in [5.74, 6) is 11.6. The van der Waals surface area contributed by atoms with Gasteiger partial charge >= 0.3 is 6.18 Å². The van der Waals surface area contributed by atoms with E-state index in [1.165, 1.54) is 12.1 Å². The number of hydrogen-bond donors (Lipinski definition) is 5. The summed E-state index contributed by atoms with van der Waals surface area (Å²) in [5.41, 5.74) is 4.43. The zero-order valence-electron chi connectivity index (χ0n) is 17.1. The molecule has 2 aromatic rings. The Kier molecular flexibility index (Phi) is 6.69. The largest absolute Gasteiger partial charge is 0.416 e. The molecular weight excluding hydrogens is 407 g/mol. The monoisotopic (exact) mass is 433 g/mol. The van der Waals surface area contributed by atoms with Gasteiger partial charge in [-0.25, -0.2) is 5.84 Å². The van der Waals surface area contributed by atoms with Crippen LogP contribution in [0, 0.1) is 11.3 Å². The maximum atomic E-state index is 13.0. The number of rotatable bonds is 4. The van der Waals surface area contributed by atoms with Gasteiger partial charge in [-0.2, -0.15) is 18.3 Å². The van der Waals surface area contributed by atoms with Crippen molar-refractivity contribution in [3.05, 3.63) is 53.6 Å². The first-order valence-electron chi connectivity index (χ1n) is 9.86. The van der Waals surface area contributed by atoms with Crippen molar-refractivity contribution in [2.75, 3.05) is 25.5 Å². The van der Waals surface area contributed by atoms with Crippen LogP contribution in [0.25, 0.3) is 11.1 Å². The highest BCUT2D eigenvalue weighted by molar-refractivity contribution is 6.07. The summed E-state index contributed by atoms with van der Waals surface area (Å²) in [4.78, 5) is 1.92. The van der Waals surface area contributed by atoms with Crippen LogP contribution in [0.3, 0.4) is 0 Å². The number of hydrazine groups is 1. The molecule has 0 saturated carbocycles. The minimum absolute atomic E-state index is 0.0413. The van der Waals surface area contributed by atoms with Gasteiger partial charge in [0.15, 0.2) is 0 Å². The molecule has 1 atom stereocenters. The number of hydrogen-bond acceptors (Lipinski definition) is 5. The summed E-state index contributed by atoms with van der Waals surface area (Å²) in [6.07, 6.45) is -2.74. The van der Waals surface area contributed by atoms with E-state index in [0.29, 0.717) is 41.3 Å². The Bertz CT molecular complexity index is 954. The summed E-state index contributed by atoms with van der Waals surface area (Å²) in [6.45, 7) is 1.17. The number of nitrogens with one attached hydrogen (secondary N) is 3. The standard InChI is InChI=1S/C21H26F3N7/c1-28-17-6-2-5-16(13-7-9-15(10-8-13)21(22,23)24)18(17)19(25)31-11-3-4-14(12-31)20(29-26)30-27/h2,5-10,14,25,28H,3-4,11-12,26-27H2,1H3,(H,29,30). The van der Waals surface area contributed by atoms with Crippen molar-refractivity contribution in [2.24, 2.45) is 22.7 Å². The molecule has 7 nitrogen and oxygen atoms in total. The number of anilines is 1. The molecule has 0 amide bonds. The number of benzene rings is 2. The molecule has 10 heteroatoms. The lowest BCUT2D eigenvalue weighted by Gasteiger charge is -2.35. The summed E-state index contributed by atoms with van der Waals surface area (Å²) >= 11 is 0. The molecule has 0 aromatic heterocycles. The van der Waals surface area contributed by atoms with Crippen LogP contribution in [0.4, 0.5) is 18.9 Å². The number of likely N-dealkylation sites (tertiary alicyclic amines) is 1. The van der Waals surface area contributed by atoms with Crippen LogP contribution in [-0.2, 0) is 6.18 Å². The minimum Gasteiger partial charge on any atom is -0.388 e. The summed E-state index contributed by atoms with van der Waals surface area (Å²) in [7, 11) is 1.75. The number of piperidine rings is 1. The normalized spacial score (nSPS) is 17.4. The van der Waals surface area contributed by atoms with Gasteiger partial charge in [-0.05, 0) is 42.2 Å².